The van der Waals surface area contributed by atoms with Gasteiger partial charge in [-0.1, -0.05) is 127 Å². The quantitative estimate of drug-likeness (QED) is 0.180. The lowest BCUT2D eigenvalue weighted by Gasteiger charge is -2.11. The minimum Gasteiger partial charge on any atom is -0.309 e. The van der Waals surface area contributed by atoms with Gasteiger partial charge in [-0.3, -0.25) is 4.57 Å². The summed E-state index contributed by atoms with van der Waals surface area (Å²) in [6, 6.07) is 61.4. The number of aromatic nitrogens is 4. The first-order valence-electron chi connectivity index (χ1n) is 18.8. The number of fused-ring (bicyclic) bond motifs is 16. The zero-order valence-electron chi connectivity index (χ0n) is 29.8. The Kier molecular flexibility index (Phi) is 6.17. The molecule has 0 aliphatic heterocycles. The highest BCUT2D eigenvalue weighted by atomic mass is 32.1. The van der Waals surface area contributed by atoms with Crippen LogP contribution < -0.4 is 0 Å². The van der Waals surface area contributed by atoms with Crippen molar-refractivity contribution < 1.29 is 0 Å². The molecule has 8 aromatic carbocycles. The maximum atomic E-state index is 5.52. The highest BCUT2D eigenvalue weighted by molar-refractivity contribution is 7.27. The van der Waals surface area contributed by atoms with Crippen LogP contribution >= 0.6 is 22.7 Å². The smallest absolute Gasteiger partial charge is 0.235 e. The van der Waals surface area contributed by atoms with Gasteiger partial charge in [0, 0.05) is 58.4 Å². The van der Waals surface area contributed by atoms with Gasteiger partial charge in [-0.05, 0) is 53.2 Å². The minimum atomic E-state index is 0.686. The van der Waals surface area contributed by atoms with Crippen LogP contribution in [0.1, 0.15) is 0 Å². The number of nitrogens with zero attached hydrogens (tertiary/aromatic N) is 4. The molecule has 13 aromatic rings. The third-order valence-corrected chi connectivity index (χ3v) is 13.9. The topological polar surface area (TPSA) is 35.6 Å². The van der Waals surface area contributed by atoms with Crippen molar-refractivity contribution in [2.75, 3.05) is 0 Å². The van der Waals surface area contributed by atoms with E-state index in [-0.39, 0.29) is 0 Å². The summed E-state index contributed by atoms with van der Waals surface area (Å²) >= 11 is 3.64. The van der Waals surface area contributed by atoms with Gasteiger partial charge in [0.25, 0.3) is 0 Å². The summed E-state index contributed by atoms with van der Waals surface area (Å²) in [4.78, 5) is 11.0. The molecule has 0 amide bonds. The molecule has 0 radical (unpaired) electrons. The van der Waals surface area contributed by atoms with Crippen LogP contribution in [0.4, 0.5) is 0 Å². The Labute approximate surface area is 327 Å². The third-order valence-electron chi connectivity index (χ3n) is 11.5. The summed E-state index contributed by atoms with van der Waals surface area (Å²) in [5.41, 5.74) is 8.87. The van der Waals surface area contributed by atoms with Crippen LogP contribution in [-0.4, -0.2) is 19.1 Å². The van der Waals surface area contributed by atoms with Crippen molar-refractivity contribution in [3.63, 3.8) is 0 Å². The summed E-state index contributed by atoms with van der Waals surface area (Å²) in [5.74, 6) is 0.686. The number of hydrogen-bond acceptors (Lipinski definition) is 4. The van der Waals surface area contributed by atoms with Gasteiger partial charge in [-0.25, -0.2) is 9.97 Å². The molecule has 6 heteroatoms. The van der Waals surface area contributed by atoms with E-state index < -0.39 is 0 Å². The molecule has 0 saturated heterocycles. The molecule has 0 aliphatic carbocycles. The second-order valence-corrected chi connectivity index (χ2v) is 16.6. The molecule has 0 fully saturated rings. The van der Waals surface area contributed by atoms with E-state index in [1.165, 1.54) is 68.2 Å². The second-order valence-electron chi connectivity index (χ2n) is 14.5. The fourth-order valence-corrected chi connectivity index (χ4v) is 11.6. The monoisotopic (exact) mass is 748 g/mol. The van der Waals surface area contributed by atoms with E-state index in [1.54, 1.807) is 11.3 Å². The Balaban J connectivity index is 1.19. The van der Waals surface area contributed by atoms with Crippen LogP contribution in [0.5, 0.6) is 0 Å². The maximum Gasteiger partial charge on any atom is 0.235 e. The van der Waals surface area contributed by atoms with Gasteiger partial charge in [0.15, 0.2) is 0 Å². The standard InChI is InChI=1S/C50H28N4S2/c1-2-14-29(15-3-1)45-49-46(36-21-9-13-25-41(36)56-49)52-50(51-45)54-40-24-12-8-20-35(40)43-33-18-4-5-19-34(33)44-37-28-30(26-27-42(37)55-48(44)47(43)54)53-38-22-10-6-16-31(38)32-17-7-11-23-39(32)53/h1-28H. The fraction of sp³-hybridized carbons (Fsp3) is 0. The zero-order chi connectivity index (χ0) is 36.5. The van der Waals surface area contributed by atoms with Crippen LogP contribution in [0.15, 0.2) is 170 Å². The Bertz CT molecular complexity index is 3720. The van der Waals surface area contributed by atoms with E-state index >= 15 is 0 Å². The van der Waals surface area contributed by atoms with Gasteiger partial charge < -0.3 is 4.57 Å². The summed E-state index contributed by atoms with van der Waals surface area (Å²) < 4.78 is 9.59. The number of thiophene rings is 2. The van der Waals surface area contributed by atoms with E-state index in [0.717, 1.165) is 43.6 Å². The van der Waals surface area contributed by atoms with Crippen LogP contribution in [0, 0.1) is 0 Å². The van der Waals surface area contributed by atoms with E-state index in [9.17, 15) is 0 Å². The molecule has 56 heavy (non-hydrogen) atoms. The molecule has 260 valence electrons. The van der Waals surface area contributed by atoms with Crippen molar-refractivity contribution in [1.29, 1.82) is 0 Å². The van der Waals surface area contributed by atoms with Crippen LogP contribution in [0.2, 0.25) is 0 Å². The number of para-hydroxylation sites is 3. The molecule has 0 N–H and O–H groups in total. The summed E-state index contributed by atoms with van der Waals surface area (Å²) in [7, 11) is 0. The van der Waals surface area contributed by atoms with Gasteiger partial charge >= 0.3 is 0 Å². The fourth-order valence-electron chi connectivity index (χ4n) is 9.18. The first kappa shape index (κ1) is 30.5. The Morgan fingerprint density at radius 2 is 0.946 bits per heavy atom. The first-order valence-corrected chi connectivity index (χ1v) is 20.5. The summed E-state index contributed by atoms with van der Waals surface area (Å²) in [6.45, 7) is 0. The number of hydrogen-bond donors (Lipinski definition) is 0. The minimum absolute atomic E-state index is 0.686. The van der Waals surface area contributed by atoms with E-state index in [2.05, 4.69) is 179 Å². The molecule has 5 heterocycles. The van der Waals surface area contributed by atoms with Crippen molar-refractivity contribution in [2.45, 2.75) is 0 Å². The summed E-state index contributed by atoms with van der Waals surface area (Å²) in [5, 5.41) is 11.1. The molecule has 0 saturated carbocycles. The molecular formula is C50H28N4S2. The van der Waals surface area contributed by atoms with Gasteiger partial charge in [-0.15, -0.1) is 22.7 Å². The van der Waals surface area contributed by atoms with Crippen molar-refractivity contribution in [3.8, 4) is 22.9 Å². The SMILES string of the molecule is c1ccc(-c2nc(-n3c4ccccc4c4c5ccccc5c5c6cc(-n7c8ccccc8c8ccccc87)ccc6sc5c43)nc3c2sc2ccccc23)cc1. The largest absolute Gasteiger partial charge is 0.309 e. The molecular weight excluding hydrogens is 721 g/mol. The normalized spacial score (nSPS) is 12.3. The number of benzene rings is 8. The van der Waals surface area contributed by atoms with Gasteiger partial charge in [0.05, 0.1) is 42.7 Å². The lowest BCUT2D eigenvalue weighted by Crippen LogP contribution is -2.02. The Morgan fingerprint density at radius 1 is 0.393 bits per heavy atom. The molecule has 0 aliphatic rings. The predicted octanol–water partition coefficient (Wildman–Crippen LogP) is 14.2. The van der Waals surface area contributed by atoms with Crippen molar-refractivity contribution in [1.82, 2.24) is 19.1 Å². The Morgan fingerprint density at radius 3 is 1.68 bits per heavy atom. The Hall–Kier alpha value is -6.86. The van der Waals surface area contributed by atoms with E-state index in [0.29, 0.717) is 5.95 Å². The van der Waals surface area contributed by atoms with Gasteiger partial charge in [0.1, 0.15) is 0 Å². The van der Waals surface area contributed by atoms with Crippen LogP contribution in [0.25, 0.3) is 118 Å². The summed E-state index contributed by atoms with van der Waals surface area (Å²) in [6.07, 6.45) is 0. The average Bonchev–Trinajstić information content (AvgIpc) is 4.01. The first-order chi connectivity index (χ1) is 27.8. The molecule has 5 aromatic heterocycles. The second kappa shape index (κ2) is 11.3. The van der Waals surface area contributed by atoms with E-state index in [1.807, 2.05) is 11.3 Å². The highest BCUT2D eigenvalue weighted by Crippen LogP contribution is 2.49. The van der Waals surface area contributed by atoms with Crippen LogP contribution in [0.3, 0.4) is 0 Å². The highest BCUT2D eigenvalue weighted by Gasteiger charge is 2.25. The third kappa shape index (κ3) is 4.06. The average molecular weight is 749 g/mol. The van der Waals surface area contributed by atoms with Gasteiger partial charge in [0.2, 0.25) is 5.95 Å². The molecule has 4 nitrogen and oxygen atoms in total. The van der Waals surface area contributed by atoms with Crippen molar-refractivity contribution >= 4 is 118 Å². The molecule has 0 atom stereocenters. The van der Waals surface area contributed by atoms with E-state index in [4.69, 9.17) is 9.97 Å². The molecule has 0 unspecified atom stereocenters. The van der Waals surface area contributed by atoms with Crippen molar-refractivity contribution in [2.24, 2.45) is 0 Å². The maximum absolute atomic E-state index is 5.52. The molecule has 0 bridgehead atoms. The van der Waals surface area contributed by atoms with Crippen molar-refractivity contribution in [3.05, 3.63) is 170 Å². The van der Waals surface area contributed by atoms with Crippen LogP contribution in [-0.2, 0) is 0 Å². The lowest BCUT2D eigenvalue weighted by atomic mass is 9.99. The lowest BCUT2D eigenvalue weighted by molar-refractivity contribution is 1.02. The molecule has 0 spiro atoms. The zero-order valence-corrected chi connectivity index (χ0v) is 31.4. The predicted molar refractivity (Wildman–Crippen MR) is 239 cm³/mol. The molecule has 13 rings (SSSR count). The van der Waals surface area contributed by atoms with Gasteiger partial charge in [-0.2, -0.15) is 0 Å². The number of rotatable bonds is 3.